The van der Waals surface area contributed by atoms with E-state index in [2.05, 4.69) is 5.32 Å². The number of methoxy groups -OCH3 is 3. The van der Waals surface area contributed by atoms with Crippen molar-refractivity contribution in [1.82, 2.24) is 4.57 Å². The largest absolute Gasteiger partial charge is 0.497 e. The average Bonchev–Trinajstić information content (AvgIpc) is 3.26. The molecule has 0 saturated heterocycles. The van der Waals surface area contributed by atoms with Gasteiger partial charge in [-0.3, -0.25) is 4.79 Å². The number of amides is 1. The van der Waals surface area contributed by atoms with Crippen LogP contribution in [0.1, 0.15) is 18.0 Å². The summed E-state index contributed by atoms with van der Waals surface area (Å²) in [4.78, 5) is 12.8. The lowest BCUT2D eigenvalue weighted by Crippen LogP contribution is -2.19. The molecule has 0 unspecified atom stereocenters. The zero-order valence-electron chi connectivity index (χ0n) is 16.2. The molecular weight excluding hydrogens is 356 g/mol. The minimum absolute atomic E-state index is 0.103. The van der Waals surface area contributed by atoms with E-state index in [1.807, 2.05) is 53.4 Å². The fraction of sp³-hybridized carbons (Fsp3) is 0.227. The quantitative estimate of drug-likeness (QED) is 0.638. The molecule has 0 radical (unpaired) electrons. The molecule has 6 heteroatoms. The van der Waals surface area contributed by atoms with Crippen molar-refractivity contribution in [1.29, 1.82) is 0 Å². The van der Waals surface area contributed by atoms with Gasteiger partial charge in [-0.1, -0.05) is 12.1 Å². The van der Waals surface area contributed by atoms with Crippen LogP contribution in [0.4, 0.5) is 5.69 Å². The third-order valence-corrected chi connectivity index (χ3v) is 4.51. The van der Waals surface area contributed by atoms with Gasteiger partial charge < -0.3 is 24.1 Å². The Morgan fingerprint density at radius 3 is 2.36 bits per heavy atom. The Morgan fingerprint density at radius 2 is 1.68 bits per heavy atom. The van der Waals surface area contributed by atoms with Crippen LogP contribution < -0.4 is 19.5 Å². The van der Waals surface area contributed by atoms with Crippen LogP contribution in [-0.4, -0.2) is 31.8 Å². The predicted molar refractivity (Wildman–Crippen MR) is 108 cm³/mol. The van der Waals surface area contributed by atoms with Gasteiger partial charge in [0.05, 0.1) is 33.8 Å². The molecule has 1 atom stereocenters. The van der Waals surface area contributed by atoms with Crippen LogP contribution in [0.25, 0.3) is 0 Å². The number of hydrogen-bond donors (Lipinski definition) is 1. The van der Waals surface area contributed by atoms with Gasteiger partial charge >= 0.3 is 0 Å². The van der Waals surface area contributed by atoms with E-state index in [0.29, 0.717) is 17.2 Å². The Bertz CT molecular complexity index is 922. The van der Waals surface area contributed by atoms with Crippen LogP contribution >= 0.6 is 0 Å². The standard InChI is InChI=1S/C22H24N2O4/c1-26-18-8-6-7-16(13-18)19(24-11-4-5-12-24)15-22(25)23-17-9-10-20(27-2)21(14-17)28-3/h4-14,19H,15H2,1-3H3,(H,23,25)/t19-/m0/s1. The molecule has 28 heavy (non-hydrogen) atoms. The number of benzene rings is 2. The molecule has 0 saturated carbocycles. The van der Waals surface area contributed by atoms with Crippen molar-refractivity contribution in [2.45, 2.75) is 12.5 Å². The van der Waals surface area contributed by atoms with Crippen molar-refractivity contribution in [3.05, 3.63) is 72.6 Å². The van der Waals surface area contributed by atoms with Gasteiger partial charge in [-0.05, 0) is 42.0 Å². The number of nitrogens with one attached hydrogen (secondary N) is 1. The molecule has 3 aromatic rings. The molecule has 0 aliphatic carbocycles. The topological polar surface area (TPSA) is 61.7 Å². The van der Waals surface area contributed by atoms with Crippen molar-refractivity contribution in [2.75, 3.05) is 26.6 Å². The van der Waals surface area contributed by atoms with Gasteiger partial charge in [0.15, 0.2) is 11.5 Å². The summed E-state index contributed by atoms with van der Waals surface area (Å²) in [6.45, 7) is 0. The number of anilines is 1. The monoisotopic (exact) mass is 380 g/mol. The number of carbonyl (C=O) groups excluding carboxylic acids is 1. The summed E-state index contributed by atoms with van der Waals surface area (Å²) in [5, 5.41) is 2.94. The zero-order chi connectivity index (χ0) is 19.9. The van der Waals surface area contributed by atoms with Gasteiger partial charge in [-0.25, -0.2) is 0 Å². The molecule has 0 aliphatic rings. The predicted octanol–water partition coefficient (Wildman–Crippen LogP) is 4.13. The second kappa shape index (κ2) is 8.99. The van der Waals surface area contributed by atoms with Gasteiger partial charge in [-0.2, -0.15) is 0 Å². The first-order chi connectivity index (χ1) is 13.6. The molecule has 1 amide bonds. The fourth-order valence-corrected chi connectivity index (χ4v) is 3.10. The summed E-state index contributed by atoms with van der Waals surface area (Å²) < 4.78 is 17.9. The Balaban J connectivity index is 1.80. The highest BCUT2D eigenvalue weighted by Gasteiger charge is 2.18. The van der Waals surface area contributed by atoms with Crippen molar-refractivity contribution >= 4 is 11.6 Å². The first-order valence-corrected chi connectivity index (χ1v) is 8.93. The lowest BCUT2D eigenvalue weighted by Gasteiger charge is -2.20. The van der Waals surface area contributed by atoms with Crippen LogP contribution in [0, 0.1) is 0 Å². The maximum Gasteiger partial charge on any atom is 0.226 e. The van der Waals surface area contributed by atoms with Crippen LogP contribution in [0.5, 0.6) is 17.2 Å². The van der Waals surface area contributed by atoms with Gasteiger partial charge in [0.2, 0.25) is 5.91 Å². The SMILES string of the molecule is COc1cccc([C@H](CC(=O)Nc2ccc(OC)c(OC)c2)n2cccc2)c1. The second-order valence-corrected chi connectivity index (χ2v) is 6.24. The number of hydrogen-bond acceptors (Lipinski definition) is 4. The maximum absolute atomic E-state index is 12.8. The minimum atomic E-state index is -0.148. The second-order valence-electron chi connectivity index (χ2n) is 6.24. The van der Waals surface area contributed by atoms with E-state index in [1.54, 1.807) is 39.5 Å². The molecule has 0 fully saturated rings. The molecule has 0 bridgehead atoms. The highest BCUT2D eigenvalue weighted by atomic mass is 16.5. The Labute approximate surface area is 164 Å². The summed E-state index contributed by atoms with van der Waals surface area (Å²) in [6.07, 6.45) is 4.18. The van der Waals surface area contributed by atoms with Gasteiger partial charge in [0.25, 0.3) is 0 Å². The summed E-state index contributed by atoms with van der Waals surface area (Å²) >= 11 is 0. The van der Waals surface area contributed by atoms with Gasteiger partial charge in [0, 0.05) is 24.1 Å². The van der Waals surface area contributed by atoms with Crippen molar-refractivity contribution in [2.24, 2.45) is 0 Å². The van der Waals surface area contributed by atoms with Crippen molar-refractivity contribution < 1.29 is 19.0 Å². The average molecular weight is 380 g/mol. The highest BCUT2D eigenvalue weighted by Crippen LogP contribution is 2.30. The molecule has 1 heterocycles. The molecule has 3 rings (SSSR count). The molecular formula is C22H24N2O4. The van der Waals surface area contributed by atoms with Crippen LogP contribution in [0.2, 0.25) is 0 Å². The Kier molecular flexibility index (Phi) is 6.22. The molecule has 1 aromatic heterocycles. The van der Waals surface area contributed by atoms with Crippen LogP contribution in [0.3, 0.4) is 0 Å². The zero-order valence-corrected chi connectivity index (χ0v) is 16.2. The lowest BCUT2D eigenvalue weighted by atomic mass is 10.0. The van der Waals surface area contributed by atoms with E-state index in [-0.39, 0.29) is 18.4 Å². The van der Waals surface area contributed by atoms with Crippen LogP contribution in [-0.2, 0) is 4.79 Å². The third-order valence-electron chi connectivity index (χ3n) is 4.51. The van der Waals surface area contributed by atoms with Crippen LogP contribution in [0.15, 0.2) is 67.0 Å². The maximum atomic E-state index is 12.8. The number of ether oxygens (including phenoxy) is 3. The van der Waals surface area contributed by atoms with E-state index in [4.69, 9.17) is 14.2 Å². The van der Waals surface area contributed by atoms with Crippen molar-refractivity contribution in [3.8, 4) is 17.2 Å². The molecule has 0 spiro atoms. The summed E-state index contributed by atoms with van der Waals surface area (Å²) in [6, 6.07) is 16.8. The first kappa shape index (κ1) is 19.4. The number of aromatic nitrogens is 1. The molecule has 2 aromatic carbocycles. The first-order valence-electron chi connectivity index (χ1n) is 8.93. The fourth-order valence-electron chi connectivity index (χ4n) is 3.10. The normalized spacial score (nSPS) is 11.5. The number of rotatable bonds is 8. The van der Waals surface area contributed by atoms with Crippen molar-refractivity contribution in [3.63, 3.8) is 0 Å². The van der Waals surface area contributed by atoms with E-state index < -0.39 is 0 Å². The summed E-state index contributed by atoms with van der Waals surface area (Å²) in [5.41, 5.74) is 1.65. The minimum Gasteiger partial charge on any atom is -0.497 e. The van der Waals surface area contributed by atoms with E-state index >= 15 is 0 Å². The number of nitrogens with zero attached hydrogens (tertiary/aromatic N) is 1. The third kappa shape index (κ3) is 4.46. The smallest absolute Gasteiger partial charge is 0.226 e. The molecule has 0 aliphatic heterocycles. The molecule has 1 N–H and O–H groups in total. The molecule has 6 nitrogen and oxygen atoms in total. The highest BCUT2D eigenvalue weighted by molar-refractivity contribution is 5.91. The lowest BCUT2D eigenvalue weighted by molar-refractivity contribution is -0.116. The molecule has 146 valence electrons. The van der Waals surface area contributed by atoms with Gasteiger partial charge in [0.1, 0.15) is 5.75 Å². The Hall–Kier alpha value is -3.41. The summed E-state index contributed by atoms with van der Waals surface area (Å²) in [7, 11) is 4.77. The number of carbonyl (C=O) groups is 1. The van der Waals surface area contributed by atoms with E-state index in [9.17, 15) is 4.79 Å². The van der Waals surface area contributed by atoms with E-state index in [0.717, 1.165) is 11.3 Å². The van der Waals surface area contributed by atoms with E-state index in [1.165, 1.54) is 0 Å². The van der Waals surface area contributed by atoms with Gasteiger partial charge in [-0.15, -0.1) is 0 Å². The Morgan fingerprint density at radius 1 is 0.929 bits per heavy atom. The summed E-state index contributed by atoms with van der Waals surface area (Å²) in [5.74, 6) is 1.83.